The molecule has 4 nitrogen and oxygen atoms in total. The van der Waals surface area contributed by atoms with Gasteiger partial charge in [0.2, 0.25) is 0 Å². The Bertz CT molecular complexity index is 682. The van der Waals surface area contributed by atoms with Crippen LogP contribution in [0.4, 0.5) is 0 Å². The SMILES string of the molecule is N#Cc1cccc(C(=O)C=Cc2cnn(CCCl)c2)c1. The van der Waals surface area contributed by atoms with Crippen molar-refractivity contribution in [1.29, 1.82) is 5.26 Å². The lowest BCUT2D eigenvalue weighted by Crippen LogP contribution is -1.98. The van der Waals surface area contributed by atoms with Crippen molar-refractivity contribution in [1.82, 2.24) is 9.78 Å². The summed E-state index contributed by atoms with van der Waals surface area (Å²) < 4.78 is 1.72. The first kappa shape index (κ1) is 14.0. The number of hydrogen-bond acceptors (Lipinski definition) is 3. The van der Waals surface area contributed by atoms with Gasteiger partial charge in [0.1, 0.15) is 0 Å². The average Bonchev–Trinajstić information content (AvgIpc) is 2.93. The molecule has 0 unspecified atom stereocenters. The highest BCUT2D eigenvalue weighted by atomic mass is 35.5. The highest BCUT2D eigenvalue weighted by Gasteiger charge is 2.03. The second kappa shape index (κ2) is 6.69. The predicted molar refractivity (Wildman–Crippen MR) is 77.5 cm³/mol. The Balaban J connectivity index is 2.09. The van der Waals surface area contributed by atoms with Crippen LogP contribution in [0, 0.1) is 11.3 Å². The smallest absolute Gasteiger partial charge is 0.185 e. The number of nitriles is 1. The lowest BCUT2D eigenvalue weighted by Gasteiger charge is -1.95. The monoisotopic (exact) mass is 285 g/mol. The Morgan fingerprint density at radius 3 is 3.10 bits per heavy atom. The van der Waals surface area contributed by atoms with Gasteiger partial charge in [0, 0.05) is 23.2 Å². The lowest BCUT2D eigenvalue weighted by atomic mass is 10.1. The molecule has 0 spiro atoms. The summed E-state index contributed by atoms with van der Waals surface area (Å²) in [7, 11) is 0. The van der Waals surface area contributed by atoms with Crippen molar-refractivity contribution in [2.75, 3.05) is 5.88 Å². The molecule has 2 aromatic rings. The summed E-state index contributed by atoms with van der Waals surface area (Å²) in [5, 5.41) is 12.9. The largest absolute Gasteiger partial charge is 0.289 e. The molecule has 20 heavy (non-hydrogen) atoms. The van der Waals surface area contributed by atoms with Crippen molar-refractivity contribution >= 4 is 23.5 Å². The molecule has 1 aromatic heterocycles. The van der Waals surface area contributed by atoms with E-state index in [1.165, 1.54) is 6.08 Å². The normalized spacial score (nSPS) is 10.6. The van der Waals surface area contributed by atoms with E-state index >= 15 is 0 Å². The molecule has 0 aliphatic carbocycles. The topological polar surface area (TPSA) is 58.7 Å². The zero-order valence-electron chi connectivity index (χ0n) is 10.7. The minimum absolute atomic E-state index is 0.146. The number of ketones is 1. The third kappa shape index (κ3) is 3.56. The minimum Gasteiger partial charge on any atom is -0.289 e. The van der Waals surface area contributed by atoms with Gasteiger partial charge in [0.25, 0.3) is 0 Å². The molecule has 1 heterocycles. The summed E-state index contributed by atoms with van der Waals surface area (Å²) in [6.07, 6.45) is 6.65. The van der Waals surface area contributed by atoms with Crippen LogP contribution in [0.1, 0.15) is 21.5 Å². The zero-order valence-corrected chi connectivity index (χ0v) is 11.4. The molecule has 5 heteroatoms. The Morgan fingerprint density at radius 1 is 1.50 bits per heavy atom. The quantitative estimate of drug-likeness (QED) is 0.482. The third-order valence-corrected chi connectivity index (χ3v) is 2.84. The first-order valence-electron chi connectivity index (χ1n) is 6.04. The summed E-state index contributed by atoms with van der Waals surface area (Å²) in [6.45, 7) is 0.632. The van der Waals surface area contributed by atoms with Crippen LogP contribution in [0.5, 0.6) is 0 Å². The van der Waals surface area contributed by atoms with Crippen molar-refractivity contribution in [2.45, 2.75) is 6.54 Å². The number of hydrogen-bond donors (Lipinski definition) is 0. The average molecular weight is 286 g/mol. The van der Waals surface area contributed by atoms with E-state index in [2.05, 4.69) is 5.10 Å². The molecule has 0 atom stereocenters. The Morgan fingerprint density at radius 2 is 2.35 bits per heavy atom. The van der Waals surface area contributed by atoms with E-state index < -0.39 is 0 Å². The van der Waals surface area contributed by atoms with E-state index in [0.717, 1.165) is 5.56 Å². The van der Waals surface area contributed by atoms with Crippen molar-refractivity contribution in [3.63, 3.8) is 0 Å². The van der Waals surface area contributed by atoms with E-state index in [1.54, 1.807) is 41.2 Å². The van der Waals surface area contributed by atoms with Crippen LogP contribution in [-0.2, 0) is 6.54 Å². The van der Waals surface area contributed by atoms with Gasteiger partial charge in [-0.1, -0.05) is 12.1 Å². The van der Waals surface area contributed by atoms with Crippen molar-refractivity contribution in [2.24, 2.45) is 0 Å². The van der Waals surface area contributed by atoms with Gasteiger partial charge in [0.05, 0.1) is 24.4 Å². The van der Waals surface area contributed by atoms with E-state index in [0.29, 0.717) is 23.6 Å². The first-order chi connectivity index (χ1) is 9.72. The van der Waals surface area contributed by atoms with E-state index in [4.69, 9.17) is 16.9 Å². The molecule has 0 fully saturated rings. The number of carbonyl (C=O) groups is 1. The minimum atomic E-state index is -0.146. The summed E-state index contributed by atoms with van der Waals surface area (Å²) in [5.41, 5.74) is 1.80. The molecule has 2 rings (SSSR count). The molecule has 0 saturated carbocycles. The van der Waals surface area contributed by atoms with Gasteiger partial charge in [-0.05, 0) is 24.3 Å². The second-order valence-corrected chi connectivity index (χ2v) is 4.49. The highest BCUT2D eigenvalue weighted by Crippen LogP contribution is 2.08. The Kier molecular flexibility index (Phi) is 4.70. The van der Waals surface area contributed by atoms with Gasteiger partial charge in [-0.25, -0.2) is 0 Å². The number of allylic oxidation sites excluding steroid dienone is 1. The van der Waals surface area contributed by atoms with Crippen LogP contribution in [0.25, 0.3) is 6.08 Å². The van der Waals surface area contributed by atoms with Gasteiger partial charge < -0.3 is 0 Å². The molecule has 0 N–H and O–H groups in total. The van der Waals surface area contributed by atoms with Gasteiger partial charge in [-0.15, -0.1) is 11.6 Å². The van der Waals surface area contributed by atoms with E-state index in [1.807, 2.05) is 12.3 Å². The fourth-order valence-electron chi connectivity index (χ4n) is 1.68. The van der Waals surface area contributed by atoms with Crippen LogP contribution in [-0.4, -0.2) is 21.4 Å². The number of halogens is 1. The third-order valence-electron chi connectivity index (χ3n) is 2.67. The van der Waals surface area contributed by atoms with Crippen molar-refractivity contribution in [3.8, 4) is 6.07 Å². The summed E-state index contributed by atoms with van der Waals surface area (Å²) in [5.74, 6) is 0.345. The standard InChI is InChI=1S/C15H12ClN3O/c16-6-7-19-11-13(10-18-19)4-5-15(20)14-3-1-2-12(8-14)9-17/h1-5,8,10-11H,6-7H2. The summed E-state index contributed by atoms with van der Waals surface area (Å²) >= 11 is 5.62. The van der Waals surface area contributed by atoms with Crippen LogP contribution in [0.15, 0.2) is 42.7 Å². The van der Waals surface area contributed by atoms with Crippen LogP contribution >= 0.6 is 11.6 Å². The second-order valence-electron chi connectivity index (χ2n) is 4.12. The molecular weight excluding hydrogens is 274 g/mol. The number of aromatic nitrogens is 2. The number of rotatable bonds is 5. The zero-order chi connectivity index (χ0) is 14.4. The Hall–Kier alpha value is -2.38. The maximum atomic E-state index is 12.0. The van der Waals surface area contributed by atoms with Crippen LogP contribution in [0.2, 0.25) is 0 Å². The fraction of sp³-hybridized carbons (Fsp3) is 0.133. The molecule has 0 radical (unpaired) electrons. The molecule has 1 aromatic carbocycles. The van der Waals surface area contributed by atoms with Crippen LogP contribution < -0.4 is 0 Å². The molecule has 0 aliphatic heterocycles. The molecule has 0 amide bonds. The number of aryl methyl sites for hydroxylation is 1. The number of benzene rings is 1. The Labute approximate surface area is 121 Å². The summed E-state index contributed by atoms with van der Waals surface area (Å²) in [6, 6.07) is 8.63. The molecule has 0 saturated heterocycles. The highest BCUT2D eigenvalue weighted by molar-refractivity contribution is 6.17. The van der Waals surface area contributed by atoms with Crippen molar-refractivity contribution in [3.05, 3.63) is 59.4 Å². The molecule has 100 valence electrons. The summed E-state index contributed by atoms with van der Waals surface area (Å²) in [4.78, 5) is 12.0. The molecular formula is C15H12ClN3O. The maximum absolute atomic E-state index is 12.0. The van der Waals surface area contributed by atoms with Gasteiger partial charge in [0.15, 0.2) is 5.78 Å². The predicted octanol–water partition coefficient (Wildman–Crippen LogP) is 2.89. The fourth-order valence-corrected chi connectivity index (χ4v) is 1.86. The van der Waals surface area contributed by atoms with Crippen LogP contribution in [0.3, 0.4) is 0 Å². The molecule has 0 bridgehead atoms. The number of alkyl halides is 1. The maximum Gasteiger partial charge on any atom is 0.185 e. The van der Waals surface area contributed by atoms with Gasteiger partial charge in [-0.3, -0.25) is 9.48 Å². The van der Waals surface area contributed by atoms with Gasteiger partial charge in [-0.2, -0.15) is 10.4 Å². The molecule has 0 aliphatic rings. The van der Waals surface area contributed by atoms with Crippen molar-refractivity contribution < 1.29 is 4.79 Å². The van der Waals surface area contributed by atoms with Gasteiger partial charge >= 0.3 is 0 Å². The lowest BCUT2D eigenvalue weighted by molar-refractivity contribution is 0.104. The van der Waals surface area contributed by atoms with E-state index in [9.17, 15) is 4.79 Å². The first-order valence-corrected chi connectivity index (χ1v) is 6.57. The number of nitrogens with zero attached hydrogens (tertiary/aromatic N) is 3. The van der Waals surface area contributed by atoms with E-state index in [-0.39, 0.29) is 5.78 Å². The number of carbonyl (C=O) groups excluding carboxylic acids is 1.